The molecule has 0 radical (unpaired) electrons. The number of carbonyl (C=O) groups excluding carboxylic acids is 1. The fourth-order valence-corrected chi connectivity index (χ4v) is 1.70. The van der Waals surface area contributed by atoms with Crippen LogP contribution >= 0.6 is 11.6 Å². The topological polar surface area (TPSA) is 34.9 Å². The average Bonchev–Trinajstić information content (AvgIpc) is 2.57. The maximum absolute atomic E-state index is 12.1. The minimum Gasteiger partial charge on any atom is -0.287 e. The van der Waals surface area contributed by atoms with Gasteiger partial charge in [-0.2, -0.15) is 5.10 Å². The highest BCUT2D eigenvalue weighted by molar-refractivity contribution is 6.35. The van der Waals surface area contributed by atoms with Gasteiger partial charge in [0, 0.05) is 12.6 Å². The van der Waals surface area contributed by atoms with Crippen LogP contribution in [0.5, 0.6) is 0 Å². The third-order valence-corrected chi connectivity index (χ3v) is 2.96. The van der Waals surface area contributed by atoms with Gasteiger partial charge in [-0.15, -0.1) is 0 Å². The average molecular weight is 235 g/mol. The Morgan fingerprint density at radius 2 is 1.94 bits per heavy atom. The largest absolute Gasteiger partial charge is 0.287 e. The Kier molecular flexibility index (Phi) is 2.79. The Morgan fingerprint density at radius 1 is 1.31 bits per heavy atom. The van der Waals surface area contributed by atoms with E-state index in [0.29, 0.717) is 16.3 Å². The summed E-state index contributed by atoms with van der Waals surface area (Å²) in [6.07, 6.45) is 0. The highest BCUT2D eigenvalue weighted by atomic mass is 35.5. The van der Waals surface area contributed by atoms with Crippen molar-refractivity contribution in [3.05, 3.63) is 52.3 Å². The lowest BCUT2D eigenvalue weighted by Gasteiger charge is -1.96. The molecule has 0 aliphatic carbocycles. The van der Waals surface area contributed by atoms with Crippen molar-refractivity contribution in [3.8, 4) is 0 Å². The highest BCUT2D eigenvalue weighted by Crippen LogP contribution is 2.21. The molecule has 0 N–H and O–H groups in total. The number of hydrogen-bond donors (Lipinski definition) is 0. The summed E-state index contributed by atoms with van der Waals surface area (Å²) in [5, 5.41) is 4.55. The predicted molar refractivity (Wildman–Crippen MR) is 62.8 cm³/mol. The zero-order valence-electron chi connectivity index (χ0n) is 9.07. The Balaban J connectivity index is 2.46. The molecule has 2 rings (SSSR count). The van der Waals surface area contributed by atoms with E-state index in [1.807, 2.05) is 25.1 Å². The minimum atomic E-state index is -0.144. The van der Waals surface area contributed by atoms with E-state index in [1.54, 1.807) is 23.9 Å². The number of rotatable bonds is 2. The number of carbonyl (C=O) groups is 1. The van der Waals surface area contributed by atoms with E-state index in [0.717, 1.165) is 5.69 Å². The first-order valence-electron chi connectivity index (χ1n) is 4.90. The molecule has 0 aliphatic heterocycles. The number of benzene rings is 1. The lowest BCUT2D eigenvalue weighted by Crippen LogP contribution is -2.03. The van der Waals surface area contributed by atoms with Crippen LogP contribution in [0.15, 0.2) is 30.3 Å². The maximum atomic E-state index is 12.1. The van der Waals surface area contributed by atoms with Gasteiger partial charge in [0.05, 0.1) is 10.7 Å². The fourth-order valence-electron chi connectivity index (χ4n) is 1.45. The molecule has 4 heteroatoms. The summed E-state index contributed by atoms with van der Waals surface area (Å²) in [5.41, 5.74) is 1.70. The second-order valence-corrected chi connectivity index (χ2v) is 3.94. The second kappa shape index (κ2) is 4.10. The first kappa shape index (κ1) is 10.9. The summed E-state index contributed by atoms with van der Waals surface area (Å²) in [4.78, 5) is 12.1. The molecule has 0 atom stereocenters. The molecule has 0 aliphatic rings. The quantitative estimate of drug-likeness (QED) is 0.749. The number of aryl methyl sites for hydroxylation is 1. The molecular weight excluding hydrogens is 224 g/mol. The van der Waals surface area contributed by atoms with Crippen molar-refractivity contribution in [2.24, 2.45) is 7.05 Å². The van der Waals surface area contributed by atoms with Gasteiger partial charge >= 0.3 is 0 Å². The maximum Gasteiger partial charge on any atom is 0.214 e. The van der Waals surface area contributed by atoms with Crippen molar-refractivity contribution >= 4 is 17.4 Å². The molecule has 1 heterocycles. The zero-order valence-corrected chi connectivity index (χ0v) is 9.82. The lowest BCUT2D eigenvalue weighted by atomic mass is 10.1. The van der Waals surface area contributed by atoms with Crippen LogP contribution in [0.1, 0.15) is 21.7 Å². The molecule has 0 fully saturated rings. The van der Waals surface area contributed by atoms with E-state index in [2.05, 4.69) is 5.10 Å². The van der Waals surface area contributed by atoms with Crippen molar-refractivity contribution in [3.63, 3.8) is 0 Å². The van der Waals surface area contributed by atoms with Gasteiger partial charge in [-0.05, 0) is 6.92 Å². The first-order chi connectivity index (χ1) is 7.61. The Labute approximate surface area is 98.7 Å². The summed E-state index contributed by atoms with van der Waals surface area (Å²) in [5.74, 6) is -0.144. The number of ketones is 1. The van der Waals surface area contributed by atoms with Gasteiger partial charge in [-0.1, -0.05) is 41.9 Å². The van der Waals surface area contributed by atoms with Gasteiger partial charge in [-0.25, -0.2) is 0 Å². The first-order valence-corrected chi connectivity index (χ1v) is 5.28. The molecule has 0 unspecified atom stereocenters. The monoisotopic (exact) mass is 234 g/mol. The number of aromatic nitrogens is 2. The van der Waals surface area contributed by atoms with Gasteiger partial charge in [0.1, 0.15) is 0 Å². The van der Waals surface area contributed by atoms with E-state index in [9.17, 15) is 4.79 Å². The van der Waals surface area contributed by atoms with E-state index in [-0.39, 0.29) is 5.78 Å². The number of halogens is 1. The van der Waals surface area contributed by atoms with E-state index in [1.165, 1.54) is 0 Å². The van der Waals surface area contributed by atoms with Crippen molar-refractivity contribution < 1.29 is 4.79 Å². The predicted octanol–water partition coefficient (Wildman–Crippen LogP) is 2.61. The zero-order chi connectivity index (χ0) is 11.7. The molecule has 2 aromatic rings. The van der Waals surface area contributed by atoms with Crippen molar-refractivity contribution in [2.75, 3.05) is 0 Å². The Hall–Kier alpha value is -1.61. The molecule has 82 valence electrons. The molecule has 1 aromatic heterocycles. The van der Waals surface area contributed by atoms with Crippen molar-refractivity contribution in [1.29, 1.82) is 0 Å². The van der Waals surface area contributed by atoms with Crippen molar-refractivity contribution in [1.82, 2.24) is 9.78 Å². The van der Waals surface area contributed by atoms with Crippen LogP contribution in [0.25, 0.3) is 0 Å². The third-order valence-electron chi connectivity index (χ3n) is 2.51. The number of hydrogen-bond acceptors (Lipinski definition) is 2. The molecule has 16 heavy (non-hydrogen) atoms. The SMILES string of the molecule is Cc1c(Cl)c(C(=O)c2ccccc2)nn1C. The van der Waals surface area contributed by atoms with E-state index >= 15 is 0 Å². The fraction of sp³-hybridized carbons (Fsp3) is 0.167. The van der Waals surface area contributed by atoms with Gasteiger partial charge in [0.25, 0.3) is 0 Å². The Bertz CT molecular complexity index is 531. The summed E-state index contributed by atoms with van der Waals surface area (Å²) >= 11 is 6.05. The van der Waals surface area contributed by atoms with Crippen LogP contribution in [-0.4, -0.2) is 15.6 Å². The molecule has 0 amide bonds. The van der Waals surface area contributed by atoms with Crippen LogP contribution in [-0.2, 0) is 7.05 Å². The van der Waals surface area contributed by atoms with Crippen LogP contribution < -0.4 is 0 Å². The van der Waals surface area contributed by atoms with Gasteiger partial charge < -0.3 is 0 Å². The number of nitrogens with zero attached hydrogens (tertiary/aromatic N) is 2. The summed E-state index contributed by atoms with van der Waals surface area (Å²) in [6, 6.07) is 9.00. The second-order valence-electron chi connectivity index (χ2n) is 3.57. The third kappa shape index (κ3) is 1.74. The molecule has 0 saturated carbocycles. The van der Waals surface area contributed by atoms with E-state index in [4.69, 9.17) is 11.6 Å². The lowest BCUT2D eigenvalue weighted by molar-refractivity contribution is 0.103. The smallest absolute Gasteiger partial charge is 0.214 e. The van der Waals surface area contributed by atoms with Crippen LogP contribution in [0.3, 0.4) is 0 Å². The molecule has 1 aromatic carbocycles. The molecular formula is C12H11ClN2O. The highest BCUT2D eigenvalue weighted by Gasteiger charge is 2.19. The molecule has 0 bridgehead atoms. The standard InChI is InChI=1S/C12H11ClN2O/c1-8-10(13)11(14-15(8)2)12(16)9-6-4-3-5-7-9/h3-7H,1-2H3. The normalized spacial score (nSPS) is 10.4. The summed E-state index contributed by atoms with van der Waals surface area (Å²) in [6.45, 7) is 1.83. The molecule has 0 saturated heterocycles. The summed E-state index contributed by atoms with van der Waals surface area (Å²) < 4.78 is 1.61. The van der Waals surface area contributed by atoms with Crippen molar-refractivity contribution in [2.45, 2.75) is 6.92 Å². The van der Waals surface area contributed by atoms with Gasteiger partial charge in [0.15, 0.2) is 5.69 Å². The van der Waals surface area contributed by atoms with E-state index < -0.39 is 0 Å². The van der Waals surface area contributed by atoms with Crippen LogP contribution in [0.2, 0.25) is 5.02 Å². The molecule has 3 nitrogen and oxygen atoms in total. The minimum absolute atomic E-state index is 0.144. The van der Waals surface area contributed by atoms with Crippen LogP contribution in [0, 0.1) is 6.92 Å². The van der Waals surface area contributed by atoms with Gasteiger partial charge in [0.2, 0.25) is 5.78 Å². The summed E-state index contributed by atoms with van der Waals surface area (Å²) in [7, 11) is 1.77. The molecule has 0 spiro atoms. The Morgan fingerprint density at radius 3 is 2.44 bits per heavy atom. The van der Waals surface area contributed by atoms with Crippen LogP contribution in [0.4, 0.5) is 0 Å². The van der Waals surface area contributed by atoms with Gasteiger partial charge in [-0.3, -0.25) is 9.48 Å².